The Hall–Kier alpha value is -1.84. The van der Waals surface area contributed by atoms with Crippen molar-refractivity contribution in [2.24, 2.45) is 0 Å². The van der Waals surface area contributed by atoms with Gasteiger partial charge in [-0.1, -0.05) is 0 Å². The maximum Gasteiger partial charge on any atom is 0.238 e. The number of benzene rings is 1. The van der Waals surface area contributed by atoms with Gasteiger partial charge in [-0.3, -0.25) is 9.69 Å². The molecule has 9 heteroatoms. The second kappa shape index (κ2) is 6.34. The molecule has 0 aromatic heterocycles. The number of fused-ring (bicyclic) bond motifs is 1. The number of nitrogens with zero attached hydrogens (tertiary/aromatic N) is 2. The zero-order valence-electron chi connectivity index (χ0n) is 12.8. The maximum atomic E-state index is 12.1. The molecule has 0 spiro atoms. The van der Waals surface area contributed by atoms with Gasteiger partial charge in [-0.25, -0.2) is 8.42 Å². The number of carbonyl (C=O) groups is 1. The summed E-state index contributed by atoms with van der Waals surface area (Å²) in [4.78, 5) is 14.0. The minimum Gasteiger partial charge on any atom is -0.454 e. The number of piperazine rings is 1. The number of rotatable bonds is 4. The van der Waals surface area contributed by atoms with E-state index in [9.17, 15) is 13.2 Å². The Morgan fingerprint density at radius 2 is 1.87 bits per heavy atom. The van der Waals surface area contributed by atoms with Crippen molar-refractivity contribution in [2.75, 3.05) is 51.1 Å². The summed E-state index contributed by atoms with van der Waals surface area (Å²) in [6.45, 7) is 2.33. The molecule has 0 unspecified atom stereocenters. The van der Waals surface area contributed by atoms with Crippen molar-refractivity contribution >= 4 is 21.6 Å². The Balaban J connectivity index is 1.50. The third-order valence-electron chi connectivity index (χ3n) is 3.82. The number of hydrogen-bond donors (Lipinski definition) is 1. The molecule has 2 heterocycles. The predicted molar refractivity (Wildman–Crippen MR) is 84.1 cm³/mol. The first kappa shape index (κ1) is 16.0. The molecule has 0 bridgehead atoms. The van der Waals surface area contributed by atoms with Gasteiger partial charge < -0.3 is 14.8 Å². The fourth-order valence-corrected chi connectivity index (χ4v) is 3.42. The number of ether oxygens (including phenoxy) is 2. The Bertz CT molecular complexity index is 698. The van der Waals surface area contributed by atoms with Crippen LogP contribution in [0.25, 0.3) is 0 Å². The summed E-state index contributed by atoms with van der Waals surface area (Å²) in [7, 11) is -3.15. The van der Waals surface area contributed by atoms with Crippen LogP contribution in [0.3, 0.4) is 0 Å². The first-order valence-electron chi connectivity index (χ1n) is 7.29. The molecule has 0 atom stereocenters. The van der Waals surface area contributed by atoms with Crippen molar-refractivity contribution in [1.82, 2.24) is 9.21 Å². The van der Waals surface area contributed by atoms with Gasteiger partial charge in [0.1, 0.15) is 0 Å². The molecule has 2 aliphatic rings. The fourth-order valence-electron chi connectivity index (χ4n) is 2.60. The van der Waals surface area contributed by atoms with E-state index in [4.69, 9.17) is 9.47 Å². The summed E-state index contributed by atoms with van der Waals surface area (Å²) >= 11 is 0. The molecule has 1 amide bonds. The van der Waals surface area contributed by atoms with Gasteiger partial charge in [-0.2, -0.15) is 4.31 Å². The molecule has 2 aliphatic heterocycles. The lowest BCUT2D eigenvalue weighted by atomic mass is 10.2. The number of amides is 1. The van der Waals surface area contributed by atoms with Crippen LogP contribution in [0.2, 0.25) is 0 Å². The monoisotopic (exact) mass is 341 g/mol. The Kier molecular flexibility index (Phi) is 4.42. The Morgan fingerprint density at radius 1 is 1.17 bits per heavy atom. The van der Waals surface area contributed by atoms with Crippen molar-refractivity contribution in [3.63, 3.8) is 0 Å². The van der Waals surface area contributed by atoms with Crippen LogP contribution in [0.5, 0.6) is 11.5 Å². The standard InChI is InChI=1S/C14H19N3O5S/c1-23(19,20)17-6-4-16(5-7-17)9-14(18)15-11-2-3-12-13(8-11)22-10-21-12/h2-3,8H,4-7,9-10H2,1H3,(H,15,18). The second-order valence-electron chi connectivity index (χ2n) is 5.55. The molecular formula is C14H19N3O5S. The quantitative estimate of drug-likeness (QED) is 0.825. The van der Waals surface area contributed by atoms with Gasteiger partial charge in [0.05, 0.1) is 12.8 Å². The van der Waals surface area contributed by atoms with E-state index in [0.29, 0.717) is 43.4 Å². The van der Waals surface area contributed by atoms with E-state index in [1.165, 1.54) is 10.6 Å². The predicted octanol–water partition coefficient (Wildman–Crippen LogP) is -0.0690. The summed E-state index contributed by atoms with van der Waals surface area (Å²) in [6.07, 6.45) is 1.20. The number of carbonyl (C=O) groups excluding carboxylic acids is 1. The highest BCUT2D eigenvalue weighted by Crippen LogP contribution is 2.34. The zero-order valence-corrected chi connectivity index (χ0v) is 13.6. The van der Waals surface area contributed by atoms with Gasteiger partial charge >= 0.3 is 0 Å². The zero-order chi connectivity index (χ0) is 16.4. The van der Waals surface area contributed by atoms with Crippen molar-refractivity contribution in [1.29, 1.82) is 0 Å². The number of sulfonamides is 1. The van der Waals surface area contributed by atoms with Crippen LogP contribution in [-0.4, -0.2) is 69.3 Å². The van der Waals surface area contributed by atoms with E-state index in [2.05, 4.69) is 5.32 Å². The van der Waals surface area contributed by atoms with Crippen LogP contribution < -0.4 is 14.8 Å². The van der Waals surface area contributed by atoms with Crippen LogP contribution in [0, 0.1) is 0 Å². The summed E-state index contributed by atoms with van der Waals surface area (Å²) in [6, 6.07) is 5.23. The van der Waals surface area contributed by atoms with Crippen molar-refractivity contribution < 1.29 is 22.7 Å². The van der Waals surface area contributed by atoms with E-state index < -0.39 is 10.0 Å². The van der Waals surface area contributed by atoms with Crippen molar-refractivity contribution in [3.05, 3.63) is 18.2 Å². The van der Waals surface area contributed by atoms with Crippen LogP contribution >= 0.6 is 0 Å². The molecule has 1 aromatic carbocycles. The summed E-state index contributed by atoms with van der Waals surface area (Å²) in [5.74, 6) is 1.14. The summed E-state index contributed by atoms with van der Waals surface area (Å²) in [5.41, 5.74) is 0.647. The lowest BCUT2D eigenvalue weighted by molar-refractivity contribution is -0.117. The molecule has 1 aromatic rings. The van der Waals surface area contributed by atoms with Gasteiger partial charge in [-0.05, 0) is 12.1 Å². The fraction of sp³-hybridized carbons (Fsp3) is 0.500. The highest BCUT2D eigenvalue weighted by molar-refractivity contribution is 7.88. The molecule has 8 nitrogen and oxygen atoms in total. The third kappa shape index (κ3) is 3.92. The van der Waals surface area contributed by atoms with Gasteiger partial charge in [0, 0.05) is 37.9 Å². The van der Waals surface area contributed by atoms with E-state index >= 15 is 0 Å². The number of hydrogen-bond acceptors (Lipinski definition) is 6. The van der Waals surface area contributed by atoms with Gasteiger partial charge in [-0.15, -0.1) is 0 Å². The molecule has 1 N–H and O–H groups in total. The van der Waals surface area contributed by atoms with Crippen molar-refractivity contribution in [3.8, 4) is 11.5 Å². The smallest absolute Gasteiger partial charge is 0.238 e. The minimum absolute atomic E-state index is 0.142. The van der Waals surface area contributed by atoms with Crippen LogP contribution in [0.15, 0.2) is 18.2 Å². The van der Waals surface area contributed by atoms with Crippen LogP contribution in [0.4, 0.5) is 5.69 Å². The van der Waals surface area contributed by atoms with Gasteiger partial charge in [0.15, 0.2) is 11.5 Å². The Morgan fingerprint density at radius 3 is 2.57 bits per heavy atom. The van der Waals surface area contributed by atoms with Crippen LogP contribution in [0.1, 0.15) is 0 Å². The topological polar surface area (TPSA) is 88.2 Å². The minimum atomic E-state index is -3.15. The molecule has 3 rings (SSSR count). The third-order valence-corrected chi connectivity index (χ3v) is 5.13. The van der Waals surface area contributed by atoms with E-state index in [1.807, 2.05) is 4.90 Å². The summed E-state index contributed by atoms with van der Waals surface area (Å²) < 4.78 is 34.8. The summed E-state index contributed by atoms with van der Waals surface area (Å²) in [5, 5.41) is 2.81. The molecule has 1 saturated heterocycles. The highest BCUT2D eigenvalue weighted by atomic mass is 32.2. The maximum absolute atomic E-state index is 12.1. The number of anilines is 1. The molecular weight excluding hydrogens is 322 g/mol. The average Bonchev–Trinajstić information content (AvgIpc) is 2.94. The molecule has 23 heavy (non-hydrogen) atoms. The number of nitrogens with one attached hydrogen (secondary N) is 1. The largest absolute Gasteiger partial charge is 0.454 e. The SMILES string of the molecule is CS(=O)(=O)N1CCN(CC(=O)Nc2ccc3c(c2)OCO3)CC1. The molecule has 0 radical (unpaired) electrons. The molecule has 126 valence electrons. The van der Waals surface area contributed by atoms with Gasteiger partial charge in [0.2, 0.25) is 22.7 Å². The lowest BCUT2D eigenvalue weighted by Crippen LogP contribution is -2.50. The molecule has 1 fully saturated rings. The Labute approximate surface area is 135 Å². The normalized spacial score (nSPS) is 18.8. The first-order chi connectivity index (χ1) is 10.9. The second-order valence-corrected chi connectivity index (χ2v) is 7.54. The molecule has 0 saturated carbocycles. The van der Waals surface area contributed by atoms with E-state index in [1.54, 1.807) is 18.2 Å². The lowest BCUT2D eigenvalue weighted by Gasteiger charge is -2.32. The first-order valence-corrected chi connectivity index (χ1v) is 9.13. The van der Waals surface area contributed by atoms with Gasteiger partial charge in [0.25, 0.3) is 0 Å². The van der Waals surface area contributed by atoms with E-state index in [0.717, 1.165) is 0 Å². The average molecular weight is 341 g/mol. The molecule has 0 aliphatic carbocycles. The van der Waals surface area contributed by atoms with E-state index in [-0.39, 0.29) is 19.2 Å². The van der Waals surface area contributed by atoms with Crippen molar-refractivity contribution in [2.45, 2.75) is 0 Å². The van der Waals surface area contributed by atoms with Crippen LogP contribution in [-0.2, 0) is 14.8 Å². The highest BCUT2D eigenvalue weighted by Gasteiger charge is 2.24.